The summed E-state index contributed by atoms with van der Waals surface area (Å²) in [6, 6.07) is 9.31. The van der Waals surface area contributed by atoms with Crippen LogP contribution in [0, 0.1) is 6.92 Å². The molecule has 0 amide bonds. The highest BCUT2D eigenvalue weighted by Gasteiger charge is 2.19. The van der Waals surface area contributed by atoms with Gasteiger partial charge >= 0.3 is 5.97 Å². The van der Waals surface area contributed by atoms with E-state index in [4.69, 9.17) is 13.9 Å². The fourth-order valence-corrected chi connectivity index (χ4v) is 2.97. The molecule has 0 aliphatic heterocycles. The van der Waals surface area contributed by atoms with Gasteiger partial charge in [-0.2, -0.15) is 0 Å². The zero-order valence-corrected chi connectivity index (χ0v) is 16.8. The highest BCUT2D eigenvalue weighted by molar-refractivity contribution is 5.89. The van der Waals surface area contributed by atoms with E-state index in [0.717, 1.165) is 0 Å². The van der Waals surface area contributed by atoms with Crippen LogP contribution in [0.4, 0.5) is 0 Å². The van der Waals surface area contributed by atoms with E-state index in [-0.39, 0.29) is 16.9 Å². The Morgan fingerprint density at radius 1 is 1.14 bits per heavy atom. The molecule has 0 atom stereocenters. The maximum atomic E-state index is 13.0. The fourth-order valence-electron chi connectivity index (χ4n) is 2.97. The molecular formula is C22H23NO6. The van der Waals surface area contributed by atoms with Crippen molar-refractivity contribution in [2.24, 2.45) is 0 Å². The molecule has 0 aliphatic carbocycles. The lowest BCUT2D eigenvalue weighted by Gasteiger charge is -2.15. The zero-order chi connectivity index (χ0) is 21.1. The van der Waals surface area contributed by atoms with Crippen LogP contribution in [0.25, 0.3) is 11.0 Å². The van der Waals surface area contributed by atoms with Crippen LogP contribution in [0.15, 0.2) is 45.6 Å². The Morgan fingerprint density at radius 3 is 2.45 bits per heavy atom. The van der Waals surface area contributed by atoms with E-state index in [1.165, 1.54) is 12.1 Å². The molecule has 29 heavy (non-hydrogen) atoms. The van der Waals surface area contributed by atoms with Gasteiger partial charge in [0.05, 0.1) is 23.1 Å². The number of phenols is 1. The highest BCUT2D eigenvalue weighted by Crippen LogP contribution is 2.31. The number of esters is 1. The molecule has 1 heterocycles. The summed E-state index contributed by atoms with van der Waals surface area (Å²) in [5.41, 5.74) is 0.938. The predicted octanol–water partition coefficient (Wildman–Crippen LogP) is 3.84. The van der Waals surface area contributed by atoms with Crippen molar-refractivity contribution < 1.29 is 23.8 Å². The maximum absolute atomic E-state index is 13.0. The average Bonchev–Trinajstić information content (AvgIpc) is 2.68. The molecule has 3 rings (SSSR count). The standard InChI is InChI=1S/C22H23NO6/c1-5-27-22(26)14-6-8-15(9-7-14)29-20-13(2)28-21-16(19(20)25)10-11-18(24)17(21)12-23(3)4/h6-11,24H,5,12H2,1-4H3. The molecule has 1 aromatic heterocycles. The number of ether oxygens (including phenoxy) is 2. The van der Waals surface area contributed by atoms with Crippen LogP contribution < -0.4 is 10.2 Å². The largest absolute Gasteiger partial charge is 0.507 e. The average molecular weight is 397 g/mol. The second kappa shape index (κ2) is 8.36. The third-order valence-electron chi connectivity index (χ3n) is 4.32. The van der Waals surface area contributed by atoms with Gasteiger partial charge in [0.25, 0.3) is 0 Å². The Morgan fingerprint density at radius 2 is 1.83 bits per heavy atom. The first-order chi connectivity index (χ1) is 13.8. The monoisotopic (exact) mass is 397 g/mol. The minimum atomic E-state index is -0.423. The maximum Gasteiger partial charge on any atom is 0.338 e. The van der Waals surface area contributed by atoms with Gasteiger partial charge in [-0.3, -0.25) is 4.79 Å². The molecule has 0 unspecified atom stereocenters. The minimum absolute atomic E-state index is 0.0582. The summed E-state index contributed by atoms with van der Waals surface area (Å²) in [4.78, 5) is 26.6. The lowest BCUT2D eigenvalue weighted by Crippen LogP contribution is -2.13. The number of rotatable bonds is 6. The number of aryl methyl sites for hydroxylation is 1. The summed E-state index contributed by atoms with van der Waals surface area (Å²) in [6.07, 6.45) is 0. The van der Waals surface area contributed by atoms with Gasteiger partial charge in [-0.1, -0.05) is 0 Å². The van der Waals surface area contributed by atoms with Crippen LogP contribution in [0.3, 0.4) is 0 Å². The van der Waals surface area contributed by atoms with E-state index in [2.05, 4.69) is 0 Å². The van der Waals surface area contributed by atoms with E-state index in [0.29, 0.717) is 46.8 Å². The third-order valence-corrected chi connectivity index (χ3v) is 4.32. The summed E-state index contributed by atoms with van der Waals surface area (Å²) >= 11 is 0. The van der Waals surface area contributed by atoms with Gasteiger partial charge in [-0.05, 0) is 64.3 Å². The quantitative estimate of drug-likeness (QED) is 0.632. The van der Waals surface area contributed by atoms with Crippen molar-refractivity contribution in [3.63, 3.8) is 0 Å². The Balaban J connectivity index is 2.00. The van der Waals surface area contributed by atoms with Gasteiger partial charge < -0.3 is 23.9 Å². The van der Waals surface area contributed by atoms with E-state index < -0.39 is 5.97 Å². The lowest BCUT2D eigenvalue weighted by atomic mass is 10.1. The number of hydrogen-bond donors (Lipinski definition) is 1. The normalized spacial score (nSPS) is 11.1. The second-order valence-corrected chi connectivity index (χ2v) is 6.84. The van der Waals surface area contributed by atoms with E-state index >= 15 is 0 Å². The van der Waals surface area contributed by atoms with Crippen LogP contribution >= 0.6 is 0 Å². The molecule has 0 saturated carbocycles. The molecule has 0 saturated heterocycles. The molecule has 0 spiro atoms. The van der Waals surface area contributed by atoms with Crippen molar-refractivity contribution in [3.8, 4) is 17.2 Å². The summed E-state index contributed by atoms with van der Waals surface area (Å²) in [5, 5.41) is 10.5. The minimum Gasteiger partial charge on any atom is -0.507 e. The van der Waals surface area contributed by atoms with Crippen molar-refractivity contribution in [3.05, 3.63) is 63.5 Å². The summed E-state index contributed by atoms with van der Waals surface area (Å²) in [7, 11) is 3.72. The number of aromatic hydroxyl groups is 1. The first-order valence-corrected chi connectivity index (χ1v) is 9.19. The first-order valence-electron chi connectivity index (χ1n) is 9.19. The van der Waals surface area contributed by atoms with E-state index in [1.807, 2.05) is 19.0 Å². The van der Waals surface area contributed by atoms with Crippen LogP contribution in [-0.2, 0) is 11.3 Å². The topological polar surface area (TPSA) is 89.2 Å². The molecule has 2 aromatic carbocycles. The molecule has 7 heteroatoms. The Hall–Kier alpha value is -3.32. The molecule has 7 nitrogen and oxygen atoms in total. The Kier molecular flexibility index (Phi) is 5.89. The first kappa shape index (κ1) is 20.4. The lowest BCUT2D eigenvalue weighted by molar-refractivity contribution is 0.0526. The number of benzene rings is 2. The molecule has 152 valence electrons. The number of carbonyl (C=O) groups excluding carboxylic acids is 1. The number of phenolic OH excluding ortho intramolecular Hbond substituents is 1. The molecular weight excluding hydrogens is 374 g/mol. The van der Waals surface area contributed by atoms with Crippen molar-refractivity contribution >= 4 is 16.9 Å². The highest BCUT2D eigenvalue weighted by atomic mass is 16.5. The van der Waals surface area contributed by atoms with Crippen LogP contribution in [0.1, 0.15) is 28.6 Å². The van der Waals surface area contributed by atoms with Gasteiger partial charge in [0, 0.05) is 6.54 Å². The number of carbonyl (C=O) groups is 1. The number of hydrogen-bond acceptors (Lipinski definition) is 7. The van der Waals surface area contributed by atoms with Crippen LogP contribution in [0.5, 0.6) is 17.2 Å². The molecule has 0 bridgehead atoms. The molecule has 0 radical (unpaired) electrons. The van der Waals surface area contributed by atoms with E-state index in [9.17, 15) is 14.7 Å². The van der Waals surface area contributed by atoms with Crippen LogP contribution in [-0.4, -0.2) is 36.7 Å². The summed E-state index contributed by atoms with van der Waals surface area (Å²) in [5.74, 6) is 0.385. The summed E-state index contributed by atoms with van der Waals surface area (Å²) < 4.78 is 16.6. The van der Waals surface area contributed by atoms with Crippen molar-refractivity contribution in [2.45, 2.75) is 20.4 Å². The van der Waals surface area contributed by atoms with Crippen LogP contribution in [0.2, 0.25) is 0 Å². The molecule has 0 fully saturated rings. The Bertz CT molecular complexity index is 1100. The number of nitrogens with zero attached hydrogens (tertiary/aromatic N) is 1. The Labute approximate surface area is 168 Å². The zero-order valence-electron chi connectivity index (χ0n) is 16.8. The van der Waals surface area contributed by atoms with Gasteiger partial charge in [0.2, 0.25) is 11.2 Å². The van der Waals surface area contributed by atoms with Gasteiger partial charge in [-0.25, -0.2) is 4.79 Å². The smallest absolute Gasteiger partial charge is 0.338 e. The van der Waals surface area contributed by atoms with Gasteiger partial charge in [0.15, 0.2) is 0 Å². The molecule has 0 aliphatic rings. The molecule has 3 aromatic rings. The van der Waals surface area contributed by atoms with Gasteiger partial charge in [0.1, 0.15) is 22.8 Å². The second-order valence-electron chi connectivity index (χ2n) is 6.84. The fraction of sp³-hybridized carbons (Fsp3) is 0.273. The SMILES string of the molecule is CCOC(=O)c1ccc(Oc2c(C)oc3c(CN(C)C)c(O)ccc3c2=O)cc1. The van der Waals surface area contributed by atoms with Gasteiger partial charge in [-0.15, -0.1) is 0 Å². The predicted molar refractivity (Wildman–Crippen MR) is 109 cm³/mol. The number of fused-ring (bicyclic) bond motifs is 1. The van der Waals surface area contributed by atoms with E-state index in [1.54, 1.807) is 38.1 Å². The van der Waals surface area contributed by atoms with Crippen molar-refractivity contribution in [1.82, 2.24) is 4.90 Å². The third kappa shape index (κ3) is 4.25. The molecule has 1 N–H and O–H groups in total. The van der Waals surface area contributed by atoms with Crippen molar-refractivity contribution in [1.29, 1.82) is 0 Å². The summed E-state index contributed by atoms with van der Waals surface area (Å²) in [6.45, 7) is 4.08. The van der Waals surface area contributed by atoms with Crippen molar-refractivity contribution in [2.75, 3.05) is 20.7 Å².